The minimum atomic E-state index is -0.250. The summed E-state index contributed by atoms with van der Waals surface area (Å²) in [6.45, 7) is 10.9. The fraction of sp³-hybridized carbons (Fsp3) is 0.444. The number of hydrogen-bond acceptors (Lipinski definition) is 2. The molecule has 0 aliphatic carbocycles. The Bertz CT molecular complexity index is 686. The van der Waals surface area contributed by atoms with Gasteiger partial charge in [0, 0.05) is 12.1 Å². The number of carbonyl (C=O) groups excluding carboxylic acids is 1. The number of rotatable bonds is 4. The molecule has 0 spiro atoms. The van der Waals surface area contributed by atoms with Crippen LogP contribution in [0.25, 0.3) is 0 Å². The standard InChI is InChI=1S/C18H24BrN3O/c1-13-17(19)14(2)22(20-13)12-16(23)21(18(3,4)5)11-15-9-7-6-8-10-15/h6-10H,11-12H2,1-5H3. The third kappa shape index (κ3) is 4.22. The summed E-state index contributed by atoms with van der Waals surface area (Å²) in [7, 11) is 0. The molecule has 0 aliphatic heterocycles. The summed E-state index contributed by atoms with van der Waals surface area (Å²) in [5, 5.41) is 4.44. The van der Waals surface area contributed by atoms with Crippen LogP contribution in [-0.4, -0.2) is 26.1 Å². The van der Waals surface area contributed by atoms with E-state index >= 15 is 0 Å². The fourth-order valence-electron chi connectivity index (χ4n) is 2.51. The molecule has 1 heterocycles. The molecule has 0 bridgehead atoms. The van der Waals surface area contributed by atoms with Crippen LogP contribution in [0.4, 0.5) is 0 Å². The summed E-state index contributed by atoms with van der Waals surface area (Å²) in [5.74, 6) is 0.0689. The molecule has 124 valence electrons. The minimum absolute atomic E-state index is 0.0689. The first kappa shape index (κ1) is 17.7. The van der Waals surface area contributed by atoms with Crippen LogP contribution < -0.4 is 0 Å². The van der Waals surface area contributed by atoms with Gasteiger partial charge in [-0.25, -0.2) is 0 Å². The van der Waals surface area contributed by atoms with Gasteiger partial charge in [0.1, 0.15) is 6.54 Å². The van der Waals surface area contributed by atoms with Gasteiger partial charge in [0.2, 0.25) is 5.91 Å². The SMILES string of the molecule is Cc1nn(CC(=O)N(Cc2ccccc2)C(C)(C)C)c(C)c1Br. The van der Waals surface area contributed by atoms with Crippen LogP contribution in [0.5, 0.6) is 0 Å². The maximum atomic E-state index is 12.9. The summed E-state index contributed by atoms with van der Waals surface area (Å²) < 4.78 is 2.74. The first-order valence-corrected chi connectivity index (χ1v) is 8.53. The second-order valence-corrected chi connectivity index (χ2v) is 7.57. The van der Waals surface area contributed by atoms with Gasteiger partial charge in [-0.05, 0) is 56.1 Å². The van der Waals surface area contributed by atoms with Crippen molar-refractivity contribution in [2.45, 2.75) is 53.2 Å². The Kier molecular flexibility index (Phi) is 5.30. The van der Waals surface area contributed by atoms with E-state index < -0.39 is 0 Å². The largest absolute Gasteiger partial charge is 0.332 e. The molecule has 1 amide bonds. The molecular formula is C18H24BrN3O. The Labute approximate surface area is 146 Å². The van der Waals surface area contributed by atoms with Crippen LogP contribution in [0.2, 0.25) is 0 Å². The molecule has 0 radical (unpaired) electrons. The first-order valence-electron chi connectivity index (χ1n) is 7.74. The number of amides is 1. The molecule has 0 atom stereocenters. The zero-order valence-electron chi connectivity index (χ0n) is 14.4. The molecule has 1 aromatic carbocycles. The van der Waals surface area contributed by atoms with E-state index in [0.29, 0.717) is 6.54 Å². The summed E-state index contributed by atoms with van der Waals surface area (Å²) in [5.41, 5.74) is 2.76. The Balaban J connectivity index is 2.22. The zero-order chi connectivity index (χ0) is 17.2. The lowest BCUT2D eigenvalue weighted by Gasteiger charge is -2.36. The van der Waals surface area contributed by atoms with Crippen molar-refractivity contribution >= 4 is 21.8 Å². The maximum Gasteiger partial charge on any atom is 0.245 e. The topological polar surface area (TPSA) is 38.1 Å². The molecule has 2 aromatic rings. The number of benzene rings is 1. The average Bonchev–Trinajstić information content (AvgIpc) is 2.72. The van der Waals surface area contributed by atoms with Crippen LogP contribution in [0.3, 0.4) is 0 Å². The predicted molar refractivity (Wildman–Crippen MR) is 96.1 cm³/mol. The predicted octanol–water partition coefficient (Wildman–Crippen LogP) is 4.09. The van der Waals surface area contributed by atoms with E-state index in [9.17, 15) is 4.79 Å². The van der Waals surface area contributed by atoms with Crippen molar-refractivity contribution in [1.82, 2.24) is 14.7 Å². The van der Waals surface area contributed by atoms with Gasteiger partial charge in [-0.2, -0.15) is 5.10 Å². The summed E-state index contributed by atoms with van der Waals surface area (Å²) in [4.78, 5) is 14.8. The molecule has 0 N–H and O–H groups in total. The van der Waals surface area contributed by atoms with E-state index in [-0.39, 0.29) is 18.0 Å². The number of aromatic nitrogens is 2. The maximum absolute atomic E-state index is 12.9. The van der Waals surface area contributed by atoms with Crippen LogP contribution in [0, 0.1) is 13.8 Å². The second-order valence-electron chi connectivity index (χ2n) is 6.78. The molecule has 0 fully saturated rings. The summed E-state index contributed by atoms with van der Waals surface area (Å²) in [6.07, 6.45) is 0. The minimum Gasteiger partial charge on any atom is -0.332 e. The van der Waals surface area contributed by atoms with Gasteiger partial charge in [0.05, 0.1) is 15.9 Å². The quantitative estimate of drug-likeness (QED) is 0.804. The van der Waals surface area contributed by atoms with Gasteiger partial charge in [0.15, 0.2) is 0 Å². The smallest absolute Gasteiger partial charge is 0.245 e. The van der Waals surface area contributed by atoms with Crippen molar-refractivity contribution in [3.63, 3.8) is 0 Å². The molecule has 0 aliphatic rings. The highest BCUT2D eigenvalue weighted by atomic mass is 79.9. The first-order chi connectivity index (χ1) is 10.7. The van der Waals surface area contributed by atoms with Gasteiger partial charge in [-0.1, -0.05) is 30.3 Å². The van der Waals surface area contributed by atoms with E-state index in [2.05, 4.69) is 41.8 Å². The van der Waals surface area contributed by atoms with E-state index in [1.807, 2.05) is 49.1 Å². The summed E-state index contributed by atoms with van der Waals surface area (Å²) >= 11 is 3.51. The molecule has 0 saturated carbocycles. The average molecular weight is 378 g/mol. The number of nitrogens with zero attached hydrogens (tertiary/aromatic N) is 3. The molecular weight excluding hydrogens is 354 g/mol. The fourth-order valence-corrected chi connectivity index (χ4v) is 2.79. The van der Waals surface area contributed by atoms with Crippen molar-refractivity contribution < 1.29 is 4.79 Å². The van der Waals surface area contributed by atoms with Crippen molar-refractivity contribution in [2.75, 3.05) is 0 Å². The van der Waals surface area contributed by atoms with Crippen molar-refractivity contribution in [2.24, 2.45) is 0 Å². The highest BCUT2D eigenvalue weighted by molar-refractivity contribution is 9.10. The number of aryl methyl sites for hydroxylation is 1. The van der Waals surface area contributed by atoms with Crippen LogP contribution >= 0.6 is 15.9 Å². The monoisotopic (exact) mass is 377 g/mol. The highest BCUT2D eigenvalue weighted by Crippen LogP contribution is 2.22. The van der Waals surface area contributed by atoms with E-state index in [0.717, 1.165) is 21.4 Å². The molecule has 2 rings (SSSR count). The molecule has 23 heavy (non-hydrogen) atoms. The van der Waals surface area contributed by atoms with Gasteiger partial charge >= 0.3 is 0 Å². The van der Waals surface area contributed by atoms with Crippen LogP contribution in [-0.2, 0) is 17.9 Å². The van der Waals surface area contributed by atoms with E-state index in [1.54, 1.807) is 4.68 Å². The van der Waals surface area contributed by atoms with Crippen LogP contribution in [0.15, 0.2) is 34.8 Å². The molecule has 0 unspecified atom stereocenters. The van der Waals surface area contributed by atoms with E-state index in [4.69, 9.17) is 0 Å². The van der Waals surface area contributed by atoms with Crippen LogP contribution in [0.1, 0.15) is 37.7 Å². The number of carbonyl (C=O) groups is 1. The van der Waals surface area contributed by atoms with Gasteiger partial charge < -0.3 is 4.90 Å². The van der Waals surface area contributed by atoms with Gasteiger partial charge in [-0.3, -0.25) is 9.48 Å². The Morgan fingerprint density at radius 2 is 1.83 bits per heavy atom. The Morgan fingerprint density at radius 1 is 1.22 bits per heavy atom. The third-order valence-electron chi connectivity index (χ3n) is 3.87. The van der Waals surface area contributed by atoms with Gasteiger partial charge in [-0.15, -0.1) is 0 Å². The van der Waals surface area contributed by atoms with Crippen molar-refractivity contribution in [3.05, 3.63) is 51.8 Å². The Morgan fingerprint density at radius 3 is 2.30 bits per heavy atom. The van der Waals surface area contributed by atoms with E-state index in [1.165, 1.54) is 0 Å². The molecule has 0 saturated heterocycles. The molecule has 1 aromatic heterocycles. The van der Waals surface area contributed by atoms with Gasteiger partial charge in [0.25, 0.3) is 0 Å². The second kappa shape index (κ2) is 6.87. The number of hydrogen-bond donors (Lipinski definition) is 0. The third-order valence-corrected chi connectivity index (χ3v) is 5.02. The highest BCUT2D eigenvalue weighted by Gasteiger charge is 2.27. The molecule has 4 nitrogen and oxygen atoms in total. The lowest BCUT2D eigenvalue weighted by Crippen LogP contribution is -2.46. The lowest BCUT2D eigenvalue weighted by molar-refractivity contribution is -0.137. The number of halogens is 1. The molecule has 5 heteroatoms. The van der Waals surface area contributed by atoms with Crippen molar-refractivity contribution in [1.29, 1.82) is 0 Å². The zero-order valence-corrected chi connectivity index (χ0v) is 16.0. The normalized spacial score (nSPS) is 11.6. The summed E-state index contributed by atoms with van der Waals surface area (Å²) in [6, 6.07) is 10.1. The Hall–Kier alpha value is -1.62. The lowest BCUT2D eigenvalue weighted by atomic mass is 10.0. The van der Waals surface area contributed by atoms with Crippen molar-refractivity contribution in [3.8, 4) is 0 Å².